The Labute approximate surface area is 92.2 Å². The van der Waals surface area contributed by atoms with Crippen LogP contribution >= 0.6 is 0 Å². The molecule has 0 aromatic heterocycles. The number of aryl methyl sites for hydroxylation is 1. The van der Waals surface area contributed by atoms with Crippen LogP contribution in [-0.2, 0) is 4.79 Å². The highest BCUT2D eigenvalue weighted by molar-refractivity contribution is 6.00. The number of hydrogen-bond acceptors (Lipinski definition) is 3. The van der Waals surface area contributed by atoms with Crippen LogP contribution < -0.4 is 9.64 Å². The van der Waals surface area contributed by atoms with Crippen LogP contribution in [0.2, 0.25) is 0 Å². The van der Waals surface area contributed by atoms with Crippen molar-refractivity contribution in [2.75, 3.05) is 18.6 Å². The number of hydrogen-bond donors (Lipinski definition) is 1. The lowest BCUT2D eigenvalue weighted by atomic mass is 10.1. The monoisotopic (exact) mass is 221 g/mol. The van der Waals surface area contributed by atoms with Gasteiger partial charge in [-0.05, 0) is 24.6 Å². The minimum atomic E-state index is -1.01. The fourth-order valence-corrected chi connectivity index (χ4v) is 1.65. The summed E-state index contributed by atoms with van der Waals surface area (Å²) in [7, 11) is 1.60. The molecule has 0 saturated carbocycles. The SMILES string of the molecule is Cc1cc2c(cc1C(=O)O)N(C)C(=O)CO2. The largest absolute Gasteiger partial charge is 0.482 e. The van der Waals surface area contributed by atoms with Crippen molar-refractivity contribution in [1.82, 2.24) is 0 Å². The molecule has 16 heavy (non-hydrogen) atoms. The lowest BCUT2D eigenvalue weighted by Gasteiger charge is -2.26. The van der Waals surface area contributed by atoms with E-state index in [9.17, 15) is 9.59 Å². The van der Waals surface area contributed by atoms with Crippen LogP contribution in [0.4, 0.5) is 5.69 Å². The van der Waals surface area contributed by atoms with Crippen molar-refractivity contribution >= 4 is 17.6 Å². The molecule has 5 heteroatoms. The Morgan fingerprint density at radius 1 is 1.50 bits per heavy atom. The van der Waals surface area contributed by atoms with Gasteiger partial charge in [0.15, 0.2) is 6.61 Å². The smallest absolute Gasteiger partial charge is 0.336 e. The molecule has 0 unspecified atom stereocenters. The number of carboxylic acid groups (broad SMARTS) is 1. The standard InChI is InChI=1S/C11H11NO4/c1-6-3-9-8(4-7(6)11(14)15)12(2)10(13)5-16-9/h3-4H,5H2,1-2H3,(H,14,15). The van der Waals surface area contributed by atoms with Crippen LogP contribution in [0.3, 0.4) is 0 Å². The molecule has 0 fully saturated rings. The van der Waals surface area contributed by atoms with E-state index in [-0.39, 0.29) is 18.1 Å². The molecule has 0 atom stereocenters. The topological polar surface area (TPSA) is 66.8 Å². The van der Waals surface area contributed by atoms with Gasteiger partial charge in [-0.25, -0.2) is 4.79 Å². The molecule has 0 saturated heterocycles. The molecule has 1 aliphatic rings. The van der Waals surface area contributed by atoms with E-state index >= 15 is 0 Å². The van der Waals surface area contributed by atoms with E-state index in [4.69, 9.17) is 9.84 Å². The summed E-state index contributed by atoms with van der Waals surface area (Å²) < 4.78 is 5.24. The first-order chi connectivity index (χ1) is 7.50. The number of rotatable bonds is 1. The predicted molar refractivity (Wildman–Crippen MR) is 57.0 cm³/mol. The summed E-state index contributed by atoms with van der Waals surface area (Å²) >= 11 is 0. The van der Waals surface area contributed by atoms with Crippen LogP contribution in [-0.4, -0.2) is 30.6 Å². The second kappa shape index (κ2) is 3.52. The first kappa shape index (κ1) is 10.5. The zero-order valence-corrected chi connectivity index (χ0v) is 8.98. The lowest BCUT2D eigenvalue weighted by molar-refractivity contribution is -0.121. The second-order valence-corrected chi connectivity index (χ2v) is 3.68. The molecule has 1 aliphatic heterocycles. The van der Waals surface area contributed by atoms with Gasteiger partial charge in [-0.1, -0.05) is 0 Å². The molecule has 2 rings (SSSR count). The third kappa shape index (κ3) is 1.50. The molecule has 1 aromatic carbocycles. The van der Waals surface area contributed by atoms with Gasteiger partial charge in [0, 0.05) is 7.05 Å². The van der Waals surface area contributed by atoms with Gasteiger partial charge in [0.25, 0.3) is 5.91 Å². The number of anilines is 1. The summed E-state index contributed by atoms with van der Waals surface area (Å²) in [6.07, 6.45) is 0. The summed E-state index contributed by atoms with van der Waals surface area (Å²) in [6, 6.07) is 3.10. The molecule has 0 aliphatic carbocycles. The Hall–Kier alpha value is -2.04. The normalized spacial score (nSPS) is 14.4. The molecule has 84 valence electrons. The highest BCUT2D eigenvalue weighted by atomic mass is 16.5. The number of likely N-dealkylation sites (N-methyl/N-ethyl adjacent to an activating group) is 1. The number of ether oxygens (including phenoxy) is 1. The van der Waals surface area contributed by atoms with Crippen LogP contribution in [0.15, 0.2) is 12.1 Å². The number of carboxylic acids is 1. The Bertz CT molecular complexity index is 481. The molecule has 1 amide bonds. The van der Waals surface area contributed by atoms with Gasteiger partial charge in [0.2, 0.25) is 0 Å². The number of amides is 1. The molecule has 5 nitrogen and oxygen atoms in total. The summed E-state index contributed by atoms with van der Waals surface area (Å²) in [5.74, 6) is -0.649. The maximum atomic E-state index is 11.4. The fraction of sp³-hybridized carbons (Fsp3) is 0.273. The van der Waals surface area contributed by atoms with Gasteiger partial charge in [0.05, 0.1) is 11.3 Å². The van der Waals surface area contributed by atoms with Crippen LogP contribution in [0.25, 0.3) is 0 Å². The molecular weight excluding hydrogens is 210 g/mol. The molecular formula is C11H11NO4. The predicted octanol–water partition coefficient (Wildman–Crippen LogP) is 1.05. The van der Waals surface area contributed by atoms with Crippen molar-refractivity contribution in [2.24, 2.45) is 0 Å². The van der Waals surface area contributed by atoms with Gasteiger partial charge in [-0.2, -0.15) is 0 Å². The molecule has 0 bridgehead atoms. The Kier molecular flexibility index (Phi) is 2.30. The summed E-state index contributed by atoms with van der Waals surface area (Å²) in [6.45, 7) is 1.69. The van der Waals surface area contributed by atoms with Gasteiger partial charge < -0.3 is 14.7 Å². The Morgan fingerprint density at radius 2 is 2.19 bits per heavy atom. The minimum absolute atomic E-state index is 0.00461. The number of fused-ring (bicyclic) bond motifs is 1. The number of nitrogens with zero attached hydrogens (tertiary/aromatic N) is 1. The number of benzene rings is 1. The lowest BCUT2D eigenvalue weighted by Crippen LogP contribution is -2.35. The third-order valence-electron chi connectivity index (χ3n) is 2.62. The molecule has 1 N–H and O–H groups in total. The fourth-order valence-electron chi connectivity index (χ4n) is 1.65. The van der Waals surface area contributed by atoms with Gasteiger partial charge in [-0.3, -0.25) is 4.79 Å². The van der Waals surface area contributed by atoms with Crippen molar-refractivity contribution in [3.63, 3.8) is 0 Å². The van der Waals surface area contributed by atoms with Gasteiger partial charge in [0.1, 0.15) is 5.75 Å². The van der Waals surface area contributed by atoms with Gasteiger partial charge in [-0.15, -0.1) is 0 Å². The van der Waals surface area contributed by atoms with Crippen molar-refractivity contribution < 1.29 is 19.4 Å². The molecule has 1 aromatic rings. The number of carbonyl (C=O) groups excluding carboxylic acids is 1. The van der Waals surface area contributed by atoms with Crippen molar-refractivity contribution in [2.45, 2.75) is 6.92 Å². The van der Waals surface area contributed by atoms with E-state index < -0.39 is 5.97 Å². The highest BCUT2D eigenvalue weighted by Crippen LogP contribution is 2.33. The first-order valence-corrected chi connectivity index (χ1v) is 4.78. The summed E-state index contributed by atoms with van der Waals surface area (Å²) in [5, 5.41) is 8.98. The Morgan fingerprint density at radius 3 is 2.81 bits per heavy atom. The average molecular weight is 221 g/mol. The molecule has 0 spiro atoms. The van der Waals surface area contributed by atoms with E-state index in [1.54, 1.807) is 20.0 Å². The average Bonchev–Trinajstić information content (AvgIpc) is 2.23. The van der Waals surface area contributed by atoms with E-state index in [0.717, 1.165) is 0 Å². The first-order valence-electron chi connectivity index (χ1n) is 4.78. The van der Waals surface area contributed by atoms with Crippen molar-refractivity contribution in [1.29, 1.82) is 0 Å². The van der Waals surface area contributed by atoms with E-state index in [0.29, 0.717) is 17.0 Å². The van der Waals surface area contributed by atoms with E-state index in [1.165, 1.54) is 11.0 Å². The van der Waals surface area contributed by atoms with Crippen molar-refractivity contribution in [3.05, 3.63) is 23.3 Å². The third-order valence-corrected chi connectivity index (χ3v) is 2.62. The van der Waals surface area contributed by atoms with E-state index in [2.05, 4.69) is 0 Å². The zero-order valence-electron chi connectivity index (χ0n) is 8.98. The highest BCUT2D eigenvalue weighted by Gasteiger charge is 2.24. The summed E-state index contributed by atoms with van der Waals surface area (Å²) in [4.78, 5) is 23.7. The number of carbonyl (C=O) groups is 2. The van der Waals surface area contributed by atoms with Crippen molar-refractivity contribution in [3.8, 4) is 5.75 Å². The molecule has 0 radical (unpaired) electrons. The van der Waals surface area contributed by atoms with Crippen LogP contribution in [0, 0.1) is 6.92 Å². The Balaban J connectivity index is 2.58. The van der Waals surface area contributed by atoms with Crippen LogP contribution in [0.5, 0.6) is 5.75 Å². The minimum Gasteiger partial charge on any atom is -0.482 e. The quantitative estimate of drug-likeness (QED) is 0.769. The van der Waals surface area contributed by atoms with E-state index in [1.807, 2.05) is 0 Å². The second-order valence-electron chi connectivity index (χ2n) is 3.68. The zero-order chi connectivity index (χ0) is 11.9. The van der Waals surface area contributed by atoms with Crippen LogP contribution in [0.1, 0.15) is 15.9 Å². The number of aromatic carboxylic acids is 1. The molecule has 1 heterocycles. The maximum Gasteiger partial charge on any atom is 0.336 e. The summed E-state index contributed by atoms with van der Waals surface area (Å²) in [5.41, 5.74) is 1.30. The maximum absolute atomic E-state index is 11.4. The van der Waals surface area contributed by atoms with Gasteiger partial charge >= 0.3 is 5.97 Å².